The topological polar surface area (TPSA) is 18.5 Å². The van der Waals surface area contributed by atoms with E-state index in [1.165, 1.54) is 23.2 Å². The Morgan fingerprint density at radius 1 is 0.453 bits per heavy atom. The Labute approximate surface area is 333 Å². The lowest BCUT2D eigenvalue weighted by Gasteiger charge is -2.27. The summed E-state index contributed by atoms with van der Waals surface area (Å²) in [5.74, 6) is 1.94. The van der Waals surface area contributed by atoms with Gasteiger partial charge in [0.15, 0.2) is 0 Å². The Hall–Kier alpha value is -2.22. The molecule has 0 aliphatic heterocycles. The van der Waals surface area contributed by atoms with Crippen molar-refractivity contribution in [2.45, 2.75) is 123 Å². The van der Waals surface area contributed by atoms with Gasteiger partial charge in [0.25, 0.3) is 0 Å². The second-order valence-electron chi connectivity index (χ2n) is 18.7. The number of hydrogen-bond donors (Lipinski definition) is 0. The Kier molecular flexibility index (Phi) is 15.3. The molecule has 0 aliphatic carbocycles. The zero-order valence-electron chi connectivity index (χ0n) is 36.0. The molecule has 288 valence electrons. The molecule has 2 nitrogen and oxygen atoms in total. The molecule has 0 unspecified atom stereocenters. The monoisotopic (exact) mass is 812 g/mol. The molecule has 4 aromatic carbocycles. The molecule has 8 heteroatoms. The lowest BCUT2D eigenvalue weighted by atomic mass is 9.78. The van der Waals surface area contributed by atoms with E-state index in [1.807, 2.05) is 0 Å². The molecule has 0 atom stereocenters. The average Bonchev–Trinajstić information content (AvgIpc) is 3.11. The van der Waals surface area contributed by atoms with E-state index in [1.54, 1.807) is 31.1 Å². The minimum atomic E-state index is -1.53. The fraction of sp³-hybridized carbons (Fsp3) is 0.467. The summed E-state index contributed by atoms with van der Waals surface area (Å²) < 4.78 is 12.6. The zero-order valence-corrected chi connectivity index (χ0v) is 42.6. The van der Waals surface area contributed by atoms with Crippen LogP contribution in [0.25, 0.3) is 0 Å². The van der Waals surface area contributed by atoms with Crippen molar-refractivity contribution in [2.75, 3.05) is 13.2 Å². The third kappa shape index (κ3) is 11.9. The highest BCUT2D eigenvalue weighted by Gasteiger charge is 2.27. The van der Waals surface area contributed by atoms with E-state index in [9.17, 15) is 0 Å². The first-order valence-electron chi connectivity index (χ1n) is 20.6. The van der Waals surface area contributed by atoms with Crippen molar-refractivity contribution in [2.24, 2.45) is 0 Å². The third-order valence-electron chi connectivity index (χ3n) is 11.8. The van der Waals surface area contributed by atoms with Crippen LogP contribution in [0.4, 0.5) is 0 Å². The highest BCUT2D eigenvalue weighted by molar-refractivity contribution is 6.91. The van der Waals surface area contributed by atoms with Crippen LogP contribution in [0, 0.1) is 0 Å². The smallest absolute Gasteiger partial charge is 0.119 e. The highest BCUT2D eigenvalue weighted by atomic mass is 28.3. The molecule has 0 aromatic heterocycles. The molecular weight excluding hydrogens is 741 g/mol. The molecule has 0 spiro atoms. The van der Waals surface area contributed by atoms with Gasteiger partial charge in [-0.25, -0.2) is 0 Å². The van der Waals surface area contributed by atoms with Crippen molar-refractivity contribution in [3.8, 4) is 11.5 Å². The van der Waals surface area contributed by atoms with E-state index in [-0.39, 0.29) is 5.41 Å². The Morgan fingerprint density at radius 3 is 1.00 bits per heavy atom. The van der Waals surface area contributed by atoms with Crippen LogP contribution in [0.3, 0.4) is 0 Å². The SMILES string of the molecule is C[SiH](C)c1cc([SiH](C)C)cc([Si](C)(C)CCCOc2ccc(C(C)(C)c3ccc(OCCC[Si](C)(C)c4cc([SiH](C)C)cc([SiH](C)C)c4)cc3)cc2)c1. The Balaban J connectivity index is 1.28. The van der Waals surface area contributed by atoms with Crippen molar-refractivity contribution in [1.82, 2.24) is 0 Å². The molecular formula is C45H72O2Si6. The summed E-state index contributed by atoms with van der Waals surface area (Å²) in [6.45, 7) is 36.1. The Morgan fingerprint density at radius 2 is 0.736 bits per heavy atom. The lowest BCUT2D eigenvalue weighted by Crippen LogP contribution is -2.47. The molecule has 0 radical (unpaired) electrons. The number of benzene rings is 4. The van der Waals surface area contributed by atoms with E-state index in [0.717, 1.165) is 37.6 Å². The quantitative estimate of drug-likeness (QED) is 0.0764. The van der Waals surface area contributed by atoms with Gasteiger partial charge in [-0.05, 0) is 48.2 Å². The van der Waals surface area contributed by atoms with Gasteiger partial charge in [-0.15, -0.1) is 0 Å². The van der Waals surface area contributed by atoms with E-state index in [0.29, 0.717) is 0 Å². The van der Waals surface area contributed by atoms with Crippen LogP contribution in [0.5, 0.6) is 11.5 Å². The van der Waals surface area contributed by atoms with Crippen LogP contribution in [0.2, 0.25) is 90.7 Å². The first kappa shape index (κ1) is 43.5. The molecule has 0 heterocycles. The number of rotatable bonds is 18. The Bertz CT molecular complexity index is 1580. The fourth-order valence-corrected chi connectivity index (χ4v) is 17.3. The summed E-state index contributed by atoms with van der Waals surface area (Å²) in [4.78, 5) is 0. The van der Waals surface area contributed by atoms with E-state index in [4.69, 9.17) is 9.47 Å². The summed E-state index contributed by atoms with van der Waals surface area (Å²) in [6, 6.07) is 35.5. The van der Waals surface area contributed by atoms with E-state index < -0.39 is 51.3 Å². The van der Waals surface area contributed by atoms with Gasteiger partial charge in [-0.1, -0.05) is 196 Å². The van der Waals surface area contributed by atoms with Gasteiger partial charge in [0.1, 0.15) is 11.5 Å². The predicted molar refractivity (Wildman–Crippen MR) is 256 cm³/mol. The molecule has 0 saturated heterocycles. The summed E-state index contributed by atoms with van der Waals surface area (Å²) >= 11 is 0. The maximum Gasteiger partial charge on any atom is 0.119 e. The summed E-state index contributed by atoms with van der Waals surface area (Å²) in [7, 11) is -6.34. The molecule has 0 aliphatic rings. The maximum atomic E-state index is 6.30. The van der Waals surface area contributed by atoms with Crippen LogP contribution in [0.1, 0.15) is 37.8 Å². The van der Waals surface area contributed by atoms with Crippen LogP contribution in [0.15, 0.2) is 84.9 Å². The third-order valence-corrected chi connectivity index (χ3v) is 25.3. The molecule has 0 saturated carbocycles. The minimum Gasteiger partial charge on any atom is -0.494 e. The van der Waals surface area contributed by atoms with Gasteiger partial charge in [-0.2, -0.15) is 0 Å². The van der Waals surface area contributed by atoms with E-state index in [2.05, 4.69) is 177 Å². The minimum absolute atomic E-state index is 0.113. The van der Waals surface area contributed by atoms with Crippen molar-refractivity contribution in [3.05, 3.63) is 96.1 Å². The molecule has 4 aromatic rings. The van der Waals surface area contributed by atoms with Crippen LogP contribution in [-0.2, 0) is 5.41 Å². The van der Waals surface area contributed by atoms with Gasteiger partial charge in [0.2, 0.25) is 0 Å². The molecule has 4 rings (SSSR count). The molecule has 0 bridgehead atoms. The highest BCUT2D eigenvalue weighted by Crippen LogP contribution is 2.33. The fourth-order valence-electron chi connectivity index (χ4n) is 7.27. The van der Waals surface area contributed by atoms with Crippen LogP contribution in [-0.4, -0.2) is 64.5 Å². The second-order valence-corrected chi connectivity index (χ2v) is 40.3. The summed E-state index contributed by atoms with van der Waals surface area (Å²) in [6.07, 6.45) is 2.21. The van der Waals surface area contributed by atoms with Crippen LogP contribution >= 0.6 is 0 Å². The van der Waals surface area contributed by atoms with Gasteiger partial charge < -0.3 is 9.47 Å². The second kappa shape index (κ2) is 18.6. The normalized spacial score (nSPS) is 12.7. The predicted octanol–water partition coefficient (Wildman–Crippen LogP) is 7.56. The van der Waals surface area contributed by atoms with Gasteiger partial charge in [-0.3, -0.25) is 0 Å². The van der Waals surface area contributed by atoms with Gasteiger partial charge in [0, 0.05) is 5.41 Å². The molecule has 53 heavy (non-hydrogen) atoms. The maximum absolute atomic E-state index is 6.30. The van der Waals surface area contributed by atoms with Gasteiger partial charge in [0.05, 0.1) is 64.5 Å². The zero-order chi connectivity index (χ0) is 39.1. The van der Waals surface area contributed by atoms with Crippen molar-refractivity contribution >= 4 is 82.5 Å². The molecule has 0 fully saturated rings. The number of ether oxygens (including phenoxy) is 2. The van der Waals surface area contributed by atoms with E-state index >= 15 is 0 Å². The van der Waals surface area contributed by atoms with Crippen molar-refractivity contribution in [1.29, 1.82) is 0 Å². The van der Waals surface area contributed by atoms with Crippen molar-refractivity contribution in [3.63, 3.8) is 0 Å². The van der Waals surface area contributed by atoms with Crippen LogP contribution < -0.4 is 40.6 Å². The first-order valence-corrected chi connectivity index (χ1v) is 38.5. The van der Waals surface area contributed by atoms with Crippen molar-refractivity contribution < 1.29 is 9.47 Å². The standard InChI is InChI=1S/C45H72O2Si6/c1-45(2,35-17-21-37(22-18-35)46-25-15-27-52(11,12)43-31-39(48(3)4)29-40(32-43)49(5)6)36-19-23-38(24-20-36)47-26-16-28-53(13,14)44-33-41(50(7)8)30-42(34-44)51(9)10/h17-24,29-34,48-51H,15-16,25-28H2,1-14H3. The summed E-state index contributed by atoms with van der Waals surface area (Å²) in [5.41, 5.74) is 2.48. The summed E-state index contributed by atoms with van der Waals surface area (Å²) in [5, 5.41) is 9.93. The first-order chi connectivity index (χ1) is 24.8. The number of hydrogen-bond acceptors (Lipinski definition) is 2. The average molecular weight is 814 g/mol. The largest absolute Gasteiger partial charge is 0.494 e. The molecule has 0 N–H and O–H groups in total. The molecule has 0 amide bonds. The lowest BCUT2D eigenvalue weighted by molar-refractivity contribution is 0.316. The van der Waals surface area contributed by atoms with Gasteiger partial charge >= 0.3 is 0 Å².